The largest absolute Gasteiger partial charge is 0.461 e. The van der Waals surface area contributed by atoms with E-state index in [1.54, 1.807) is 13.2 Å². The van der Waals surface area contributed by atoms with Crippen molar-refractivity contribution in [3.8, 4) is 0 Å². The van der Waals surface area contributed by atoms with Gasteiger partial charge in [-0.25, -0.2) is 4.39 Å². The molecule has 0 radical (unpaired) electrons. The lowest BCUT2D eigenvalue weighted by Crippen LogP contribution is -2.42. The zero-order chi connectivity index (χ0) is 21.4. The van der Waals surface area contributed by atoms with Crippen LogP contribution in [0.25, 0.3) is 11.0 Å². The Kier molecular flexibility index (Phi) is 6.55. The van der Waals surface area contributed by atoms with Gasteiger partial charge in [0.15, 0.2) is 26.0 Å². The number of hydrogen-bond donors (Lipinski definition) is 1. The third kappa shape index (κ3) is 4.75. The molecule has 1 aromatic carbocycles. The summed E-state index contributed by atoms with van der Waals surface area (Å²) in [4.78, 5) is 0. The van der Waals surface area contributed by atoms with E-state index in [9.17, 15) is 9.50 Å². The fourth-order valence-corrected chi connectivity index (χ4v) is 4.24. The van der Waals surface area contributed by atoms with Gasteiger partial charge in [0.05, 0.1) is 32.2 Å². The Morgan fingerprint density at radius 2 is 1.93 bits per heavy atom. The maximum absolute atomic E-state index is 14.8. The van der Waals surface area contributed by atoms with Crippen LogP contribution in [0.2, 0.25) is 18.1 Å². The van der Waals surface area contributed by atoms with E-state index in [-0.39, 0.29) is 16.4 Å². The predicted molar refractivity (Wildman–Crippen MR) is 113 cm³/mol. The van der Waals surface area contributed by atoms with E-state index in [1.807, 2.05) is 6.07 Å². The standard InChI is InChI=1S/C22H33FO5Si/c1-14-17(21-25-9-10-26-21)11-18-15(12-27-20(18)19(14)23)7-8-16(24)13-28-29(5,6)22(2,3)4/h11-12,16,21,24H,7-10,13H2,1-6H3/t16-/m0/s1. The lowest BCUT2D eigenvalue weighted by molar-refractivity contribution is -0.0446. The molecular formula is C22H33FO5Si. The molecule has 0 unspecified atom stereocenters. The number of furan rings is 1. The molecule has 1 fully saturated rings. The average molecular weight is 425 g/mol. The molecule has 1 saturated heterocycles. The fourth-order valence-electron chi connectivity index (χ4n) is 3.19. The van der Waals surface area contributed by atoms with Crippen LogP contribution in [-0.4, -0.2) is 39.3 Å². The number of fused-ring (bicyclic) bond motifs is 1. The first-order chi connectivity index (χ1) is 13.5. The van der Waals surface area contributed by atoms with E-state index >= 15 is 0 Å². The molecule has 0 aliphatic carbocycles. The van der Waals surface area contributed by atoms with Gasteiger partial charge in [-0.05, 0) is 55.1 Å². The molecule has 0 saturated carbocycles. The summed E-state index contributed by atoms with van der Waals surface area (Å²) in [5.74, 6) is -0.385. The van der Waals surface area contributed by atoms with Gasteiger partial charge in [0.25, 0.3) is 0 Å². The summed E-state index contributed by atoms with van der Waals surface area (Å²) in [6.45, 7) is 13.9. The molecule has 0 bridgehead atoms. The summed E-state index contributed by atoms with van der Waals surface area (Å²) in [7, 11) is -1.90. The van der Waals surface area contributed by atoms with Crippen LogP contribution in [0.4, 0.5) is 4.39 Å². The number of aliphatic hydroxyl groups excluding tert-OH is 1. The number of aryl methyl sites for hydroxylation is 1. The first-order valence-corrected chi connectivity index (χ1v) is 13.2. The molecule has 1 aromatic heterocycles. The predicted octanol–water partition coefficient (Wildman–Crippen LogP) is 5.24. The van der Waals surface area contributed by atoms with E-state index in [1.165, 1.54) is 0 Å². The summed E-state index contributed by atoms with van der Waals surface area (Å²) < 4.78 is 37.5. The molecule has 2 heterocycles. The SMILES string of the molecule is Cc1c(C2OCCO2)cc2c(CC[C@H](O)CO[Si](C)(C)C(C)(C)C)coc2c1F. The second-order valence-corrected chi connectivity index (χ2v) is 14.2. The summed E-state index contributed by atoms with van der Waals surface area (Å²) in [5.41, 5.74) is 2.28. The van der Waals surface area contributed by atoms with E-state index < -0.39 is 20.7 Å². The minimum atomic E-state index is -1.90. The quantitative estimate of drug-likeness (QED) is 0.616. The summed E-state index contributed by atoms with van der Waals surface area (Å²) in [5, 5.41) is 11.2. The molecule has 1 aliphatic heterocycles. The zero-order valence-corrected chi connectivity index (χ0v) is 19.3. The van der Waals surface area contributed by atoms with Gasteiger partial charge < -0.3 is 23.4 Å². The third-order valence-electron chi connectivity index (χ3n) is 6.24. The van der Waals surface area contributed by atoms with Crippen molar-refractivity contribution in [2.45, 2.75) is 71.1 Å². The summed E-state index contributed by atoms with van der Waals surface area (Å²) in [6, 6.07) is 1.89. The molecule has 29 heavy (non-hydrogen) atoms. The van der Waals surface area contributed by atoms with Crippen molar-refractivity contribution in [2.24, 2.45) is 0 Å². The lowest BCUT2D eigenvalue weighted by Gasteiger charge is -2.36. The highest BCUT2D eigenvalue weighted by molar-refractivity contribution is 6.74. The topological polar surface area (TPSA) is 61.1 Å². The normalized spacial score (nSPS) is 17.4. The molecule has 2 aromatic rings. The number of aliphatic hydroxyl groups is 1. The van der Waals surface area contributed by atoms with Gasteiger partial charge in [-0.2, -0.15) is 0 Å². The minimum absolute atomic E-state index is 0.101. The van der Waals surface area contributed by atoms with Crippen LogP contribution < -0.4 is 0 Å². The maximum atomic E-state index is 14.8. The van der Waals surface area contributed by atoms with Crippen LogP contribution in [0.3, 0.4) is 0 Å². The molecule has 0 spiro atoms. The number of rotatable bonds is 7. The molecule has 1 atom stereocenters. The van der Waals surface area contributed by atoms with Gasteiger partial charge in [-0.3, -0.25) is 0 Å². The second kappa shape index (κ2) is 8.47. The molecule has 0 amide bonds. The van der Waals surface area contributed by atoms with Gasteiger partial charge in [-0.15, -0.1) is 0 Å². The van der Waals surface area contributed by atoms with Crippen molar-refractivity contribution in [2.75, 3.05) is 19.8 Å². The zero-order valence-electron chi connectivity index (χ0n) is 18.3. The minimum Gasteiger partial charge on any atom is -0.461 e. The highest BCUT2D eigenvalue weighted by atomic mass is 28.4. The Morgan fingerprint density at radius 1 is 1.28 bits per heavy atom. The molecule has 162 valence electrons. The Hall–Kier alpha value is -1.25. The number of halogens is 1. The maximum Gasteiger partial charge on any atom is 0.192 e. The summed E-state index contributed by atoms with van der Waals surface area (Å²) >= 11 is 0. The number of ether oxygens (including phenoxy) is 2. The van der Waals surface area contributed by atoms with Crippen LogP contribution in [-0.2, 0) is 20.3 Å². The van der Waals surface area contributed by atoms with Crippen LogP contribution in [0, 0.1) is 12.7 Å². The van der Waals surface area contributed by atoms with Crippen LogP contribution in [0.15, 0.2) is 16.7 Å². The third-order valence-corrected chi connectivity index (χ3v) is 10.7. The first-order valence-electron chi connectivity index (χ1n) is 10.3. The van der Waals surface area contributed by atoms with E-state index in [0.29, 0.717) is 49.2 Å². The second-order valence-electron chi connectivity index (χ2n) is 9.38. The van der Waals surface area contributed by atoms with Crippen molar-refractivity contribution in [1.29, 1.82) is 0 Å². The molecular weight excluding hydrogens is 391 g/mol. The van der Waals surface area contributed by atoms with Crippen LogP contribution >= 0.6 is 0 Å². The fraction of sp³-hybridized carbons (Fsp3) is 0.636. The highest BCUT2D eigenvalue weighted by Gasteiger charge is 2.37. The summed E-state index contributed by atoms with van der Waals surface area (Å²) in [6.07, 6.45) is 1.55. The smallest absolute Gasteiger partial charge is 0.192 e. The first kappa shape index (κ1) is 22.4. The molecule has 1 N–H and O–H groups in total. The molecule has 3 rings (SSSR count). The van der Waals surface area contributed by atoms with E-state index in [2.05, 4.69) is 33.9 Å². The van der Waals surface area contributed by atoms with Gasteiger partial charge in [-0.1, -0.05) is 20.8 Å². The van der Waals surface area contributed by atoms with Gasteiger partial charge in [0, 0.05) is 10.9 Å². The molecule has 1 aliphatic rings. The van der Waals surface area contributed by atoms with Crippen molar-refractivity contribution in [1.82, 2.24) is 0 Å². The molecule has 7 heteroatoms. The Labute approximate surface area is 173 Å². The highest BCUT2D eigenvalue weighted by Crippen LogP contribution is 2.37. The monoisotopic (exact) mass is 424 g/mol. The van der Waals surface area contributed by atoms with Crippen molar-refractivity contribution >= 4 is 19.3 Å². The van der Waals surface area contributed by atoms with Gasteiger partial charge >= 0.3 is 0 Å². The van der Waals surface area contributed by atoms with Crippen LogP contribution in [0.1, 0.15) is 50.2 Å². The van der Waals surface area contributed by atoms with Gasteiger partial charge in [0.1, 0.15) is 0 Å². The van der Waals surface area contributed by atoms with Crippen LogP contribution in [0.5, 0.6) is 0 Å². The van der Waals surface area contributed by atoms with Crippen molar-refractivity contribution < 1.29 is 27.8 Å². The average Bonchev–Trinajstić information content (AvgIpc) is 3.30. The van der Waals surface area contributed by atoms with Gasteiger partial charge in [0.2, 0.25) is 0 Å². The Bertz CT molecular complexity index is 849. The van der Waals surface area contributed by atoms with Crippen molar-refractivity contribution in [3.05, 3.63) is 34.8 Å². The molecule has 5 nitrogen and oxygen atoms in total. The lowest BCUT2D eigenvalue weighted by atomic mass is 10.0. The Morgan fingerprint density at radius 3 is 2.55 bits per heavy atom. The van der Waals surface area contributed by atoms with Crippen molar-refractivity contribution in [3.63, 3.8) is 0 Å². The number of benzene rings is 1. The van der Waals surface area contributed by atoms with E-state index in [4.69, 9.17) is 18.3 Å². The number of hydrogen-bond acceptors (Lipinski definition) is 5. The Balaban J connectivity index is 1.70. The van der Waals surface area contributed by atoms with E-state index in [0.717, 1.165) is 5.56 Å².